The molecule has 1 aromatic carbocycles. The number of hydrogen-bond donors (Lipinski definition) is 0. The van der Waals surface area contributed by atoms with E-state index in [2.05, 4.69) is 0 Å². The van der Waals surface area contributed by atoms with Gasteiger partial charge in [-0.25, -0.2) is 0 Å². The van der Waals surface area contributed by atoms with E-state index in [0.717, 1.165) is 42.6 Å². The van der Waals surface area contributed by atoms with Crippen LogP contribution in [0.15, 0.2) is 64.6 Å². The summed E-state index contributed by atoms with van der Waals surface area (Å²) in [5, 5.41) is 0. The van der Waals surface area contributed by atoms with Gasteiger partial charge in [0.2, 0.25) is 5.78 Å². The maximum Gasteiger partial charge on any atom is 0.227 e. The summed E-state index contributed by atoms with van der Waals surface area (Å²) in [4.78, 5) is 25.3. The number of ether oxygens (including phenoxy) is 2. The molecule has 0 bridgehead atoms. The van der Waals surface area contributed by atoms with Crippen LogP contribution in [-0.4, -0.2) is 18.2 Å². The van der Waals surface area contributed by atoms with Gasteiger partial charge in [0.25, 0.3) is 0 Å². The zero-order chi connectivity index (χ0) is 16.5. The molecule has 3 aliphatic rings. The number of rotatable bonds is 3. The molecule has 4 rings (SSSR count). The van der Waals surface area contributed by atoms with Gasteiger partial charge in [-0.15, -0.1) is 0 Å². The van der Waals surface area contributed by atoms with Gasteiger partial charge in [-0.1, -0.05) is 30.3 Å². The smallest absolute Gasteiger partial charge is 0.227 e. The molecule has 122 valence electrons. The minimum Gasteiger partial charge on any atom is -0.493 e. The average molecular weight is 322 g/mol. The first kappa shape index (κ1) is 14.9. The zero-order valence-electron chi connectivity index (χ0n) is 13.3. The quantitative estimate of drug-likeness (QED) is 0.801. The van der Waals surface area contributed by atoms with Crippen molar-refractivity contribution >= 4 is 11.6 Å². The Morgan fingerprint density at radius 2 is 1.79 bits per heavy atom. The van der Waals surface area contributed by atoms with Crippen LogP contribution in [0.2, 0.25) is 0 Å². The Morgan fingerprint density at radius 1 is 1.00 bits per heavy atom. The minimum absolute atomic E-state index is 0.117. The number of carbonyl (C=O) groups is 2. The van der Waals surface area contributed by atoms with E-state index in [1.54, 1.807) is 0 Å². The second-order valence-corrected chi connectivity index (χ2v) is 6.23. The first-order valence-electron chi connectivity index (χ1n) is 8.30. The summed E-state index contributed by atoms with van der Waals surface area (Å²) < 4.78 is 11.4. The highest BCUT2D eigenvalue weighted by molar-refractivity contribution is 6.24. The average Bonchev–Trinajstić information content (AvgIpc) is 2.63. The molecule has 0 atom stereocenters. The van der Waals surface area contributed by atoms with Crippen LogP contribution in [-0.2, 0) is 25.7 Å². The van der Waals surface area contributed by atoms with Gasteiger partial charge in [0, 0.05) is 23.6 Å². The van der Waals surface area contributed by atoms with Gasteiger partial charge >= 0.3 is 0 Å². The molecule has 0 N–H and O–H groups in total. The zero-order valence-corrected chi connectivity index (χ0v) is 13.3. The third-order valence-corrected chi connectivity index (χ3v) is 4.66. The molecule has 1 aliphatic heterocycles. The Balaban J connectivity index is 1.58. The first-order chi connectivity index (χ1) is 11.7. The fourth-order valence-corrected chi connectivity index (χ4v) is 3.44. The Kier molecular flexibility index (Phi) is 3.81. The molecule has 0 fully saturated rings. The SMILES string of the molecule is O=C1C=C(OCc2ccccc2)C(=O)C2=C1C1=C(CCCC1)OC2. The van der Waals surface area contributed by atoms with Gasteiger partial charge in [-0.05, 0) is 24.8 Å². The summed E-state index contributed by atoms with van der Waals surface area (Å²) in [5.74, 6) is 0.650. The predicted octanol–water partition coefficient (Wildman–Crippen LogP) is 3.39. The van der Waals surface area contributed by atoms with Crippen LogP contribution in [0.4, 0.5) is 0 Å². The number of ketones is 2. The lowest BCUT2D eigenvalue weighted by molar-refractivity contribution is -0.119. The summed E-state index contributed by atoms with van der Waals surface area (Å²) in [7, 11) is 0. The molecule has 24 heavy (non-hydrogen) atoms. The number of carbonyl (C=O) groups excluding carboxylic acids is 2. The van der Waals surface area contributed by atoms with E-state index in [-0.39, 0.29) is 30.5 Å². The second-order valence-electron chi connectivity index (χ2n) is 6.23. The maximum atomic E-state index is 12.7. The molecular formula is C20H18O4. The summed E-state index contributed by atoms with van der Waals surface area (Å²) >= 11 is 0. The molecule has 1 heterocycles. The van der Waals surface area contributed by atoms with E-state index >= 15 is 0 Å². The van der Waals surface area contributed by atoms with Crippen LogP contribution >= 0.6 is 0 Å². The second kappa shape index (κ2) is 6.11. The first-order valence-corrected chi connectivity index (χ1v) is 8.30. The van der Waals surface area contributed by atoms with Crippen LogP contribution in [0, 0.1) is 0 Å². The van der Waals surface area contributed by atoms with Gasteiger partial charge in [0.05, 0.1) is 5.57 Å². The van der Waals surface area contributed by atoms with Crippen molar-refractivity contribution in [1.82, 2.24) is 0 Å². The van der Waals surface area contributed by atoms with Crippen LogP contribution in [0.3, 0.4) is 0 Å². The van der Waals surface area contributed by atoms with Crippen LogP contribution in [0.5, 0.6) is 0 Å². The molecule has 0 spiro atoms. The van der Waals surface area contributed by atoms with Crippen LogP contribution < -0.4 is 0 Å². The Hall–Kier alpha value is -2.62. The van der Waals surface area contributed by atoms with Crippen molar-refractivity contribution in [3.63, 3.8) is 0 Å². The normalized spacial score (nSPS) is 20.2. The third-order valence-electron chi connectivity index (χ3n) is 4.66. The van der Waals surface area contributed by atoms with Gasteiger partial charge in [-0.2, -0.15) is 0 Å². The molecule has 4 nitrogen and oxygen atoms in total. The standard InChI is InChI=1S/C20H18O4/c21-16-10-18(23-11-13-6-2-1-3-7-13)20(22)15-12-24-17-9-5-4-8-14(17)19(15)16/h1-3,6-7,10H,4-5,8-9,11-12H2. The topological polar surface area (TPSA) is 52.6 Å². The Labute approximate surface area is 140 Å². The van der Waals surface area contributed by atoms with Gasteiger partial charge in [-0.3, -0.25) is 9.59 Å². The van der Waals surface area contributed by atoms with Crippen molar-refractivity contribution in [2.75, 3.05) is 6.61 Å². The fraction of sp³-hybridized carbons (Fsp3) is 0.300. The summed E-state index contributed by atoms with van der Waals surface area (Å²) in [5.41, 5.74) is 2.90. The molecule has 0 radical (unpaired) electrons. The maximum absolute atomic E-state index is 12.7. The monoisotopic (exact) mass is 322 g/mol. The molecule has 1 aromatic rings. The lowest BCUT2D eigenvalue weighted by Crippen LogP contribution is -2.29. The largest absolute Gasteiger partial charge is 0.493 e. The van der Waals surface area contributed by atoms with Crippen molar-refractivity contribution in [2.45, 2.75) is 32.3 Å². The van der Waals surface area contributed by atoms with E-state index in [4.69, 9.17) is 9.47 Å². The minimum atomic E-state index is -0.224. The molecule has 0 saturated heterocycles. The Bertz CT molecular complexity index is 796. The van der Waals surface area contributed by atoms with E-state index in [0.29, 0.717) is 11.1 Å². The highest BCUT2D eigenvalue weighted by atomic mass is 16.5. The lowest BCUT2D eigenvalue weighted by atomic mass is 9.82. The van der Waals surface area contributed by atoms with Crippen molar-refractivity contribution in [3.05, 3.63) is 70.2 Å². The summed E-state index contributed by atoms with van der Waals surface area (Å²) in [6.07, 6.45) is 5.11. The number of hydrogen-bond acceptors (Lipinski definition) is 4. The van der Waals surface area contributed by atoms with Crippen molar-refractivity contribution in [3.8, 4) is 0 Å². The summed E-state index contributed by atoms with van der Waals surface area (Å²) in [6, 6.07) is 9.58. The fourth-order valence-electron chi connectivity index (χ4n) is 3.44. The molecule has 0 aromatic heterocycles. The highest BCUT2D eigenvalue weighted by Gasteiger charge is 2.36. The molecule has 2 aliphatic carbocycles. The van der Waals surface area contributed by atoms with Crippen molar-refractivity contribution < 1.29 is 19.1 Å². The number of Topliss-reactive ketones (excluding diaryl/α,β-unsaturated/α-hetero) is 1. The molecular weight excluding hydrogens is 304 g/mol. The number of allylic oxidation sites excluding steroid dienone is 5. The number of fused-ring (bicyclic) bond motifs is 1. The van der Waals surface area contributed by atoms with E-state index in [9.17, 15) is 9.59 Å². The van der Waals surface area contributed by atoms with E-state index in [1.165, 1.54) is 6.08 Å². The third kappa shape index (κ3) is 2.58. The highest BCUT2D eigenvalue weighted by Crippen LogP contribution is 2.38. The number of benzene rings is 1. The molecule has 0 saturated carbocycles. The Morgan fingerprint density at radius 3 is 2.62 bits per heavy atom. The molecule has 0 unspecified atom stereocenters. The summed E-state index contributed by atoms with van der Waals surface area (Å²) in [6.45, 7) is 0.438. The van der Waals surface area contributed by atoms with Gasteiger partial charge in [0.1, 0.15) is 19.0 Å². The van der Waals surface area contributed by atoms with Gasteiger partial charge < -0.3 is 9.47 Å². The van der Waals surface area contributed by atoms with Crippen molar-refractivity contribution in [1.29, 1.82) is 0 Å². The van der Waals surface area contributed by atoms with Crippen molar-refractivity contribution in [2.24, 2.45) is 0 Å². The lowest BCUT2D eigenvalue weighted by Gasteiger charge is -2.30. The van der Waals surface area contributed by atoms with Crippen LogP contribution in [0.1, 0.15) is 31.2 Å². The predicted molar refractivity (Wildman–Crippen MR) is 87.8 cm³/mol. The van der Waals surface area contributed by atoms with E-state index < -0.39 is 0 Å². The van der Waals surface area contributed by atoms with E-state index in [1.807, 2.05) is 30.3 Å². The molecule has 4 heteroatoms. The molecule has 0 amide bonds. The van der Waals surface area contributed by atoms with Gasteiger partial charge in [0.15, 0.2) is 11.5 Å². The van der Waals surface area contributed by atoms with Crippen LogP contribution in [0.25, 0.3) is 0 Å².